The number of halogens is 1. The summed E-state index contributed by atoms with van der Waals surface area (Å²) in [7, 11) is 1.52. The maximum Gasteiger partial charge on any atom is 0.255 e. The molecule has 1 aromatic carbocycles. The van der Waals surface area contributed by atoms with E-state index < -0.39 is 0 Å². The third-order valence-corrected chi connectivity index (χ3v) is 5.76. The van der Waals surface area contributed by atoms with Crippen molar-refractivity contribution < 1.29 is 9.53 Å². The molecule has 0 saturated heterocycles. The van der Waals surface area contributed by atoms with Gasteiger partial charge in [0.05, 0.1) is 30.8 Å². The Morgan fingerprint density at radius 2 is 2.06 bits per heavy atom. The van der Waals surface area contributed by atoms with Gasteiger partial charge in [0, 0.05) is 23.9 Å². The molecule has 0 aliphatic rings. The summed E-state index contributed by atoms with van der Waals surface area (Å²) in [4.78, 5) is 21.9. The molecule has 2 N–H and O–H groups in total. The van der Waals surface area contributed by atoms with E-state index in [2.05, 4.69) is 34.6 Å². The number of ether oxygens (including phenoxy) is 1. The first-order chi connectivity index (χ1) is 15.1. The molecule has 2 aromatic heterocycles. The lowest BCUT2D eigenvalue weighted by Gasteiger charge is -2.11. The average molecular weight is 463 g/mol. The Hall–Kier alpha value is -2.52. The first-order valence-corrected chi connectivity index (χ1v) is 11.7. The predicted molar refractivity (Wildman–Crippen MR) is 125 cm³/mol. The van der Waals surface area contributed by atoms with E-state index in [9.17, 15) is 4.79 Å². The van der Waals surface area contributed by atoms with Crippen LogP contribution in [0.1, 0.15) is 37.0 Å². The number of nitrogens with zero attached hydrogens (tertiary/aromatic N) is 4. The molecule has 0 radical (unpaired) electrons. The quantitative estimate of drug-likeness (QED) is 0.325. The lowest BCUT2D eigenvalue weighted by Crippen LogP contribution is -2.28. The maximum absolute atomic E-state index is 12.6. The Morgan fingerprint density at radius 1 is 1.23 bits per heavy atom. The monoisotopic (exact) mass is 462 g/mol. The fourth-order valence-corrected chi connectivity index (χ4v) is 3.83. The van der Waals surface area contributed by atoms with E-state index in [1.165, 1.54) is 7.11 Å². The van der Waals surface area contributed by atoms with E-state index in [1.807, 2.05) is 0 Å². The minimum Gasteiger partial charge on any atom is -0.496 e. The summed E-state index contributed by atoms with van der Waals surface area (Å²) in [6.45, 7) is 5.92. The van der Waals surface area contributed by atoms with E-state index in [1.54, 1.807) is 40.8 Å². The largest absolute Gasteiger partial charge is 0.496 e. The summed E-state index contributed by atoms with van der Waals surface area (Å²) in [5.74, 6) is 1.97. The van der Waals surface area contributed by atoms with Gasteiger partial charge < -0.3 is 15.4 Å². The Labute approximate surface area is 191 Å². The number of carbonyl (C=O) groups excluding carboxylic acids is 1. The highest BCUT2D eigenvalue weighted by Crippen LogP contribution is 2.25. The molecule has 3 rings (SSSR count). The number of amides is 1. The summed E-state index contributed by atoms with van der Waals surface area (Å²) in [5.41, 5.74) is 1.15. The van der Waals surface area contributed by atoms with Crippen LogP contribution in [0.2, 0.25) is 5.02 Å². The minimum absolute atomic E-state index is 0.255. The van der Waals surface area contributed by atoms with Crippen LogP contribution in [0.15, 0.2) is 29.6 Å². The van der Waals surface area contributed by atoms with Gasteiger partial charge in [0.1, 0.15) is 11.6 Å². The second-order valence-electron chi connectivity index (χ2n) is 6.84. The van der Waals surface area contributed by atoms with Crippen LogP contribution in [0, 0.1) is 0 Å². The molecule has 0 atom stereocenters. The molecule has 0 spiro atoms. The molecule has 0 aliphatic carbocycles. The maximum atomic E-state index is 12.6. The van der Waals surface area contributed by atoms with Crippen molar-refractivity contribution in [1.82, 2.24) is 25.1 Å². The molecule has 0 bridgehead atoms. The van der Waals surface area contributed by atoms with Crippen LogP contribution in [0.25, 0.3) is 11.0 Å². The van der Waals surface area contributed by atoms with Gasteiger partial charge in [-0.3, -0.25) is 4.79 Å². The molecule has 10 heteroatoms. The van der Waals surface area contributed by atoms with Crippen molar-refractivity contribution in [2.24, 2.45) is 0 Å². The summed E-state index contributed by atoms with van der Waals surface area (Å²) >= 11 is 7.66. The standard InChI is InChI=1S/C21H27ClN6O2S/c1-4-8-23-18-16-13-25-28(19(16)27-21(26-18)31-11-5-2)10-9-24-20(29)15-12-14(22)6-7-17(15)30-3/h6-7,12-13H,4-5,8-11H2,1-3H3,(H,24,29)(H,23,26,27). The van der Waals surface area contributed by atoms with Crippen molar-refractivity contribution in [1.29, 1.82) is 0 Å². The molecule has 2 heterocycles. The second-order valence-corrected chi connectivity index (χ2v) is 8.33. The second kappa shape index (κ2) is 11.2. The zero-order valence-corrected chi connectivity index (χ0v) is 19.5. The number of nitrogens with one attached hydrogen (secondary N) is 2. The van der Waals surface area contributed by atoms with Gasteiger partial charge in [0.15, 0.2) is 10.8 Å². The molecular weight excluding hydrogens is 436 g/mol. The number of methoxy groups -OCH3 is 1. The van der Waals surface area contributed by atoms with Crippen LogP contribution in [-0.2, 0) is 6.54 Å². The van der Waals surface area contributed by atoms with E-state index in [0.717, 1.165) is 47.1 Å². The molecule has 0 aliphatic heterocycles. The van der Waals surface area contributed by atoms with Gasteiger partial charge in [0.25, 0.3) is 5.91 Å². The van der Waals surface area contributed by atoms with Gasteiger partial charge in [0.2, 0.25) is 0 Å². The number of thioether (sulfide) groups is 1. The lowest BCUT2D eigenvalue weighted by atomic mass is 10.2. The number of hydrogen-bond acceptors (Lipinski definition) is 7. The molecule has 0 saturated carbocycles. The van der Waals surface area contributed by atoms with Gasteiger partial charge in [-0.25, -0.2) is 14.6 Å². The number of benzene rings is 1. The molecule has 0 fully saturated rings. The highest BCUT2D eigenvalue weighted by Gasteiger charge is 2.15. The SMILES string of the molecule is CCCNc1nc(SCCC)nc2c1cnn2CCNC(=O)c1cc(Cl)ccc1OC. The molecular formula is C21H27ClN6O2S. The van der Waals surface area contributed by atoms with Crippen LogP contribution in [-0.4, -0.2) is 51.6 Å². The predicted octanol–water partition coefficient (Wildman–Crippen LogP) is 4.24. The number of fused-ring (bicyclic) bond motifs is 1. The van der Waals surface area contributed by atoms with Crippen LogP contribution >= 0.6 is 23.4 Å². The average Bonchev–Trinajstić information content (AvgIpc) is 3.19. The van der Waals surface area contributed by atoms with Gasteiger partial charge in [-0.15, -0.1) is 0 Å². The first kappa shape index (κ1) is 23.1. The topological polar surface area (TPSA) is 94.0 Å². The summed E-state index contributed by atoms with van der Waals surface area (Å²) in [5, 5.41) is 12.8. The van der Waals surface area contributed by atoms with Crippen LogP contribution in [0.4, 0.5) is 5.82 Å². The minimum atomic E-state index is -0.255. The number of hydrogen-bond donors (Lipinski definition) is 2. The number of anilines is 1. The Kier molecular flexibility index (Phi) is 8.36. The Balaban J connectivity index is 1.75. The van der Waals surface area contributed by atoms with Crippen molar-refractivity contribution in [3.8, 4) is 5.75 Å². The molecule has 0 unspecified atom stereocenters. The highest BCUT2D eigenvalue weighted by atomic mass is 35.5. The van der Waals surface area contributed by atoms with E-state index in [-0.39, 0.29) is 5.91 Å². The Morgan fingerprint density at radius 3 is 2.81 bits per heavy atom. The molecule has 8 nitrogen and oxygen atoms in total. The molecule has 166 valence electrons. The van der Waals surface area contributed by atoms with Gasteiger partial charge >= 0.3 is 0 Å². The van der Waals surface area contributed by atoms with Crippen LogP contribution in [0.3, 0.4) is 0 Å². The van der Waals surface area contributed by atoms with E-state index in [4.69, 9.17) is 21.3 Å². The normalized spacial score (nSPS) is 11.0. The zero-order valence-electron chi connectivity index (χ0n) is 17.9. The van der Waals surface area contributed by atoms with E-state index in [0.29, 0.717) is 29.4 Å². The fraction of sp³-hybridized carbons (Fsp3) is 0.429. The number of carbonyl (C=O) groups is 1. The van der Waals surface area contributed by atoms with Crippen molar-refractivity contribution in [3.05, 3.63) is 35.0 Å². The molecule has 1 amide bonds. The van der Waals surface area contributed by atoms with Crippen LogP contribution in [0.5, 0.6) is 5.75 Å². The first-order valence-electron chi connectivity index (χ1n) is 10.3. The number of aromatic nitrogens is 4. The third kappa shape index (κ3) is 5.80. The number of rotatable bonds is 11. The fourth-order valence-electron chi connectivity index (χ4n) is 2.96. The summed E-state index contributed by atoms with van der Waals surface area (Å²) < 4.78 is 7.05. The third-order valence-electron chi connectivity index (χ3n) is 4.47. The van der Waals surface area contributed by atoms with Gasteiger partial charge in [-0.1, -0.05) is 37.2 Å². The van der Waals surface area contributed by atoms with Crippen molar-refractivity contribution in [2.45, 2.75) is 38.4 Å². The molecule has 3 aromatic rings. The van der Waals surface area contributed by atoms with E-state index >= 15 is 0 Å². The lowest BCUT2D eigenvalue weighted by molar-refractivity contribution is 0.0949. The van der Waals surface area contributed by atoms with Crippen molar-refractivity contribution in [2.75, 3.05) is 31.3 Å². The van der Waals surface area contributed by atoms with Crippen molar-refractivity contribution >= 4 is 46.1 Å². The van der Waals surface area contributed by atoms with Gasteiger partial charge in [-0.2, -0.15) is 5.10 Å². The summed E-state index contributed by atoms with van der Waals surface area (Å²) in [6.07, 6.45) is 3.81. The highest BCUT2D eigenvalue weighted by molar-refractivity contribution is 7.99. The Bertz CT molecular complexity index is 1040. The van der Waals surface area contributed by atoms with Crippen molar-refractivity contribution in [3.63, 3.8) is 0 Å². The summed E-state index contributed by atoms with van der Waals surface area (Å²) in [6, 6.07) is 4.95. The van der Waals surface area contributed by atoms with Crippen LogP contribution < -0.4 is 15.4 Å². The molecule has 31 heavy (non-hydrogen) atoms. The smallest absolute Gasteiger partial charge is 0.255 e. The van der Waals surface area contributed by atoms with Gasteiger partial charge in [-0.05, 0) is 31.0 Å². The zero-order chi connectivity index (χ0) is 22.2.